The number of hydrogen-bond acceptors (Lipinski definition) is 6. The number of ether oxygens (including phenoxy) is 1. The van der Waals surface area contributed by atoms with Crippen molar-refractivity contribution in [1.82, 2.24) is 10.3 Å². The first kappa shape index (κ1) is 25.7. The first-order valence-electron chi connectivity index (χ1n) is 10.1. The number of amides is 1. The molecule has 0 aliphatic rings. The average molecular weight is 500 g/mol. The van der Waals surface area contributed by atoms with Gasteiger partial charge in [-0.2, -0.15) is 0 Å². The lowest BCUT2D eigenvalue weighted by atomic mass is 10.0. The van der Waals surface area contributed by atoms with Crippen molar-refractivity contribution >= 4 is 44.2 Å². The molecule has 182 valence electrons. The van der Waals surface area contributed by atoms with Gasteiger partial charge >= 0.3 is 5.97 Å². The van der Waals surface area contributed by atoms with Gasteiger partial charge in [0.1, 0.15) is 11.6 Å². The molecule has 1 atom stereocenters. The van der Waals surface area contributed by atoms with Gasteiger partial charge in [-0.25, -0.2) is 18.6 Å². The molecule has 10 heteroatoms. The van der Waals surface area contributed by atoms with E-state index in [4.69, 9.17) is 9.84 Å². The van der Waals surface area contributed by atoms with Gasteiger partial charge in [0, 0.05) is 12.7 Å². The Morgan fingerprint density at radius 1 is 1.06 bits per heavy atom. The first-order chi connectivity index (χ1) is 16.3. The second kappa shape index (κ2) is 11.0. The third-order valence-electron chi connectivity index (χ3n) is 4.98. The largest absolute Gasteiger partial charge is 0.480 e. The van der Waals surface area contributed by atoms with Crippen LogP contribution in [-0.4, -0.2) is 41.7 Å². The monoisotopic (exact) mass is 499 g/mol. The molecule has 4 rings (SSSR count). The molecule has 0 spiro atoms. The molecule has 0 saturated carbocycles. The normalized spacial score (nSPS) is 11.5. The SMILES string of the molecule is C.COC[C@H](NC(=O)c1ccc(-c2ccc(Nc3nc4ccc(F)cc4s3)c(F)c2)cc1)C(=O)O. The highest BCUT2D eigenvalue weighted by atomic mass is 32.1. The van der Waals surface area contributed by atoms with Crippen LogP contribution in [0.15, 0.2) is 60.7 Å². The molecule has 0 saturated heterocycles. The predicted octanol–water partition coefficient (Wildman–Crippen LogP) is 5.45. The van der Waals surface area contributed by atoms with Crippen LogP contribution in [0.3, 0.4) is 0 Å². The minimum atomic E-state index is -1.20. The molecule has 0 aliphatic heterocycles. The zero-order valence-corrected chi connectivity index (χ0v) is 18.7. The number of nitrogens with zero attached hydrogens (tertiary/aromatic N) is 1. The van der Waals surface area contributed by atoms with Crippen LogP contribution in [0.2, 0.25) is 0 Å². The van der Waals surface area contributed by atoms with E-state index in [9.17, 15) is 18.4 Å². The third-order valence-corrected chi connectivity index (χ3v) is 5.91. The van der Waals surface area contributed by atoms with Gasteiger partial charge in [0.15, 0.2) is 11.2 Å². The Morgan fingerprint density at radius 3 is 2.43 bits per heavy atom. The van der Waals surface area contributed by atoms with E-state index in [-0.39, 0.29) is 31.1 Å². The molecule has 1 heterocycles. The molecule has 0 unspecified atom stereocenters. The smallest absolute Gasteiger partial charge is 0.328 e. The zero-order valence-electron chi connectivity index (χ0n) is 17.8. The number of thiazole rings is 1. The van der Waals surface area contributed by atoms with Gasteiger partial charge in [0.2, 0.25) is 0 Å². The van der Waals surface area contributed by atoms with E-state index in [2.05, 4.69) is 15.6 Å². The molecule has 0 radical (unpaired) electrons. The number of halogens is 2. The van der Waals surface area contributed by atoms with Crippen LogP contribution in [0.1, 0.15) is 17.8 Å². The van der Waals surface area contributed by atoms with Gasteiger partial charge in [0.25, 0.3) is 5.91 Å². The van der Waals surface area contributed by atoms with E-state index in [0.29, 0.717) is 26.5 Å². The number of nitrogens with one attached hydrogen (secondary N) is 2. The summed E-state index contributed by atoms with van der Waals surface area (Å²) >= 11 is 1.22. The molecule has 4 aromatic rings. The number of carboxylic acid groups (broad SMARTS) is 1. The van der Waals surface area contributed by atoms with Gasteiger partial charge in [-0.3, -0.25) is 4.79 Å². The Balaban J connectivity index is 0.00000342. The second-order valence-corrected chi connectivity index (χ2v) is 8.38. The standard InChI is InChI=1S/C24H19F2N3O4S.CH4/c1-33-12-20(23(31)32)27-22(30)14-4-2-13(3-5-14)15-6-8-18(17(26)10-15)28-24-29-19-9-7-16(25)11-21(19)34-24;/h2-11,20H,12H2,1H3,(H,27,30)(H,28,29)(H,31,32);1H4/t20-;/m0./s1. The Hall–Kier alpha value is -3.89. The van der Waals surface area contributed by atoms with Crippen LogP contribution in [0.5, 0.6) is 0 Å². The zero-order chi connectivity index (χ0) is 24.2. The van der Waals surface area contributed by atoms with Crippen molar-refractivity contribution in [3.05, 3.63) is 77.9 Å². The van der Waals surface area contributed by atoms with Crippen LogP contribution in [-0.2, 0) is 9.53 Å². The highest BCUT2D eigenvalue weighted by Gasteiger charge is 2.20. The van der Waals surface area contributed by atoms with Gasteiger partial charge in [-0.1, -0.05) is 37.0 Å². The van der Waals surface area contributed by atoms with E-state index in [1.165, 1.54) is 48.8 Å². The quantitative estimate of drug-likeness (QED) is 0.298. The van der Waals surface area contributed by atoms with Gasteiger partial charge in [-0.15, -0.1) is 0 Å². The number of fused-ring (bicyclic) bond motifs is 1. The number of carbonyl (C=O) groups is 2. The van der Waals surface area contributed by atoms with Crippen molar-refractivity contribution in [2.24, 2.45) is 0 Å². The fourth-order valence-corrected chi connectivity index (χ4v) is 4.16. The van der Waals surface area contributed by atoms with Gasteiger partial charge < -0.3 is 20.5 Å². The Labute approximate surface area is 204 Å². The maximum atomic E-state index is 14.8. The first-order valence-corrected chi connectivity index (χ1v) is 10.9. The molecular formula is C25H23F2N3O4S. The minimum Gasteiger partial charge on any atom is -0.480 e. The minimum absolute atomic E-state index is 0. The number of methoxy groups -OCH3 is 1. The summed E-state index contributed by atoms with van der Waals surface area (Å²) in [7, 11) is 1.34. The number of carboxylic acids is 1. The van der Waals surface area contributed by atoms with Crippen molar-refractivity contribution in [3.63, 3.8) is 0 Å². The average Bonchev–Trinajstić information content (AvgIpc) is 3.21. The molecule has 0 bridgehead atoms. The maximum absolute atomic E-state index is 14.8. The lowest BCUT2D eigenvalue weighted by Crippen LogP contribution is -2.43. The summed E-state index contributed by atoms with van der Waals surface area (Å²) in [6.45, 7) is -0.160. The number of hydrogen-bond donors (Lipinski definition) is 3. The highest BCUT2D eigenvalue weighted by Crippen LogP contribution is 2.31. The molecule has 35 heavy (non-hydrogen) atoms. The number of aromatic nitrogens is 1. The van der Waals surface area contributed by atoms with Crippen molar-refractivity contribution in [1.29, 1.82) is 0 Å². The fourth-order valence-electron chi connectivity index (χ4n) is 3.26. The van der Waals surface area contributed by atoms with Crippen molar-refractivity contribution in [3.8, 4) is 11.1 Å². The maximum Gasteiger partial charge on any atom is 0.328 e. The van der Waals surface area contributed by atoms with Crippen LogP contribution in [0.4, 0.5) is 19.6 Å². The number of aliphatic carboxylic acids is 1. The van der Waals surface area contributed by atoms with Crippen LogP contribution in [0.25, 0.3) is 21.3 Å². The number of anilines is 2. The van der Waals surface area contributed by atoms with E-state index in [1.54, 1.807) is 30.3 Å². The fraction of sp³-hybridized carbons (Fsp3) is 0.160. The number of carbonyl (C=O) groups excluding carboxylic acids is 1. The summed E-state index contributed by atoms with van der Waals surface area (Å²) in [5, 5.41) is 14.9. The topological polar surface area (TPSA) is 101 Å². The lowest BCUT2D eigenvalue weighted by molar-refractivity contribution is -0.140. The van der Waals surface area contributed by atoms with Crippen molar-refractivity contribution in [2.45, 2.75) is 13.5 Å². The molecule has 7 nitrogen and oxygen atoms in total. The summed E-state index contributed by atoms with van der Waals surface area (Å²) in [6, 6.07) is 14.1. The van der Waals surface area contributed by atoms with Crippen molar-refractivity contribution in [2.75, 3.05) is 19.0 Å². The number of rotatable bonds is 8. The van der Waals surface area contributed by atoms with Gasteiger partial charge in [0.05, 0.1) is 22.5 Å². The van der Waals surface area contributed by atoms with Gasteiger partial charge in [-0.05, 0) is 53.6 Å². The van der Waals surface area contributed by atoms with E-state index < -0.39 is 23.7 Å². The molecule has 3 aromatic carbocycles. The summed E-state index contributed by atoms with van der Waals surface area (Å²) in [5.74, 6) is -2.63. The number of benzene rings is 3. The molecule has 1 amide bonds. The molecule has 3 N–H and O–H groups in total. The van der Waals surface area contributed by atoms with E-state index in [0.717, 1.165) is 0 Å². The summed E-state index contributed by atoms with van der Waals surface area (Å²) in [4.78, 5) is 27.8. The summed E-state index contributed by atoms with van der Waals surface area (Å²) < 4.78 is 33.6. The van der Waals surface area contributed by atoms with Crippen LogP contribution in [0, 0.1) is 11.6 Å². The van der Waals surface area contributed by atoms with E-state index >= 15 is 0 Å². The highest BCUT2D eigenvalue weighted by molar-refractivity contribution is 7.22. The molecular weight excluding hydrogens is 476 g/mol. The third kappa shape index (κ3) is 5.97. The van der Waals surface area contributed by atoms with E-state index in [1.807, 2.05) is 0 Å². The lowest BCUT2D eigenvalue weighted by Gasteiger charge is -2.13. The summed E-state index contributed by atoms with van der Waals surface area (Å²) in [6.07, 6.45) is 0. The Kier molecular flexibility index (Phi) is 8.10. The molecule has 0 aliphatic carbocycles. The second-order valence-electron chi connectivity index (χ2n) is 7.35. The summed E-state index contributed by atoms with van der Waals surface area (Å²) in [5.41, 5.74) is 2.36. The Morgan fingerprint density at radius 2 is 1.77 bits per heavy atom. The molecule has 0 fully saturated rings. The van der Waals surface area contributed by atoms with Crippen LogP contribution >= 0.6 is 11.3 Å². The van der Waals surface area contributed by atoms with Crippen molar-refractivity contribution < 1.29 is 28.2 Å². The predicted molar refractivity (Wildman–Crippen MR) is 132 cm³/mol. The van der Waals surface area contributed by atoms with Crippen LogP contribution < -0.4 is 10.6 Å². The molecule has 1 aromatic heterocycles. The Bertz CT molecular complexity index is 1360.